The summed E-state index contributed by atoms with van der Waals surface area (Å²) in [6, 6.07) is 3.54. The third-order valence-corrected chi connectivity index (χ3v) is 5.29. The van der Waals surface area contributed by atoms with E-state index in [9.17, 15) is 8.42 Å². The van der Waals surface area contributed by atoms with E-state index in [1.807, 2.05) is 0 Å². The maximum Gasteiger partial charge on any atom is 0.238 e. The van der Waals surface area contributed by atoms with Gasteiger partial charge in [0, 0.05) is 17.4 Å². The first-order chi connectivity index (χ1) is 9.58. The number of nitrogens with one attached hydrogen (secondary N) is 1. The fraction of sp³-hybridized carbons (Fsp3) is 0.600. The van der Waals surface area contributed by atoms with Crippen LogP contribution in [0.4, 0.5) is 11.4 Å². The van der Waals surface area contributed by atoms with E-state index in [0.29, 0.717) is 22.7 Å². The van der Waals surface area contributed by atoms with Crippen LogP contribution in [0.15, 0.2) is 17.0 Å². The molecule has 0 aliphatic heterocycles. The fourth-order valence-corrected chi connectivity index (χ4v) is 4.03. The van der Waals surface area contributed by atoms with Gasteiger partial charge < -0.3 is 11.1 Å². The number of nitrogens with two attached hydrogens (primary N) is 2. The number of primary sulfonamides is 1. The van der Waals surface area contributed by atoms with E-state index in [1.54, 1.807) is 13.0 Å². The van der Waals surface area contributed by atoms with Crippen LogP contribution in [-0.2, 0) is 10.0 Å². The second-order valence-electron chi connectivity index (χ2n) is 6.84. The number of hydrogen-bond donors (Lipinski definition) is 3. The van der Waals surface area contributed by atoms with E-state index in [-0.39, 0.29) is 4.90 Å². The summed E-state index contributed by atoms with van der Waals surface area (Å²) in [5.41, 5.74) is 7.94. The Hall–Kier alpha value is -1.27. The number of hydrogen-bond acceptors (Lipinski definition) is 4. The lowest BCUT2D eigenvalue weighted by molar-refractivity contribution is 0.229. The molecule has 1 aliphatic carbocycles. The normalized spacial score (nSPS) is 22.0. The van der Waals surface area contributed by atoms with Crippen LogP contribution in [-0.4, -0.2) is 14.5 Å². The molecule has 118 valence electrons. The van der Waals surface area contributed by atoms with Crippen molar-refractivity contribution in [2.24, 2.45) is 10.6 Å². The summed E-state index contributed by atoms with van der Waals surface area (Å²) in [6.07, 6.45) is 4.55. The minimum absolute atomic E-state index is 0.0973. The molecule has 0 radical (unpaired) electrons. The molecule has 0 spiro atoms. The first-order valence-electron chi connectivity index (χ1n) is 7.28. The first kappa shape index (κ1) is 16.1. The molecule has 5 N–H and O–H groups in total. The largest absolute Gasteiger partial charge is 0.399 e. The molecule has 5 nitrogen and oxygen atoms in total. The topological polar surface area (TPSA) is 98.2 Å². The molecule has 1 aromatic carbocycles. The van der Waals surface area contributed by atoms with E-state index in [2.05, 4.69) is 19.2 Å². The number of nitrogen functional groups attached to an aromatic ring is 1. The highest BCUT2D eigenvalue weighted by molar-refractivity contribution is 7.89. The van der Waals surface area contributed by atoms with E-state index in [1.165, 1.54) is 18.9 Å². The maximum absolute atomic E-state index is 11.6. The van der Waals surface area contributed by atoms with E-state index >= 15 is 0 Å². The highest BCUT2D eigenvalue weighted by Gasteiger charge is 2.28. The molecule has 1 fully saturated rings. The molecule has 0 aromatic heterocycles. The molecule has 1 aliphatic rings. The standard InChI is InChI=1S/C15H25N3O2S/c1-10-13(7-11(16)8-14(10)21(17,19)20)18-12-5-4-6-15(2,3)9-12/h7-8,12,18H,4-6,9,16H2,1-3H3,(H2,17,19,20). The van der Waals surface area contributed by atoms with Crippen LogP contribution >= 0.6 is 0 Å². The van der Waals surface area contributed by atoms with Crippen molar-refractivity contribution in [2.75, 3.05) is 11.1 Å². The van der Waals surface area contributed by atoms with Crippen LogP contribution in [0.3, 0.4) is 0 Å². The van der Waals surface area contributed by atoms with Crippen LogP contribution in [0.5, 0.6) is 0 Å². The summed E-state index contributed by atoms with van der Waals surface area (Å²) < 4.78 is 23.3. The van der Waals surface area contributed by atoms with Gasteiger partial charge in [-0.1, -0.05) is 20.3 Å². The van der Waals surface area contributed by atoms with Gasteiger partial charge in [-0.15, -0.1) is 0 Å². The Morgan fingerprint density at radius 3 is 2.57 bits per heavy atom. The van der Waals surface area contributed by atoms with Gasteiger partial charge in [-0.3, -0.25) is 0 Å². The van der Waals surface area contributed by atoms with Crippen molar-refractivity contribution in [1.29, 1.82) is 0 Å². The van der Waals surface area contributed by atoms with Gasteiger partial charge in [0.05, 0.1) is 4.90 Å². The number of sulfonamides is 1. The van der Waals surface area contributed by atoms with E-state index < -0.39 is 10.0 Å². The van der Waals surface area contributed by atoms with Crippen molar-refractivity contribution in [3.63, 3.8) is 0 Å². The molecule has 0 saturated heterocycles. The highest BCUT2D eigenvalue weighted by Crippen LogP contribution is 2.37. The number of benzene rings is 1. The fourth-order valence-electron chi connectivity index (χ4n) is 3.20. The van der Waals surface area contributed by atoms with Crippen LogP contribution < -0.4 is 16.2 Å². The Morgan fingerprint density at radius 1 is 1.33 bits per heavy atom. The molecule has 0 bridgehead atoms. The predicted molar refractivity (Wildman–Crippen MR) is 86.6 cm³/mol. The van der Waals surface area contributed by atoms with Crippen molar-refractivity contribution in [3.8, 4) is 0 Å². The lowest BCUT2D eigenvalue weighted by Crippen LogP contribution is -2.32. The minimum Gasteiger partial charge on any atom is -0.399 e. The summed E-state index contributed by atoms with van der Waals surface area (Å²) >= 11 is 0. The van der Waals surface area contributed by atoms with Crippen LogP contribution in [0.2, 0.25) is 0 Å². The van der Waals surface area contributed by atoms with Crippen LogP contribution in [0.25, 0.3) is 0 Å². The first-order valence-corrected chi connectivity index (χ1v) is 8.83. The van der Waals surface area contributed by atoms with Gasteiger partial charge in [-0.25, -0.2) is 13.6 Å². The zero-order chi connectivity index (χ0) is 15.8. The van der Waals surface area contributed by atoms with Gasteiger partial charge in [-0.05, 0) is 49.3 Å². The van der Waals surface area contributed by atoms with Gasteiger partial charge in [0.1, 0.15) is 0 Å². The molecular formula is C15H25N3O2S. The Labute approximate surface area is 127 Å². The summed E-state index contributed by atoms with van der Waals surface area (Å²) in [6.45, 7) is 6.29. The monoisotopic (exact) mass is 311 g/mol. The smallest absolute Gasteiger partial charge is 0.238 e. The van der Waals surface area contributed by atoms with Gasteiger partial charge in [0.2, 0.25) is 10.0 Å². The van der Waals surface area contributed by atoms with Crippen molar-refractivity contribution >= 4 is 21.4 Å². The average Bonchev–Trinajstić information content (AvgIpc) is 2.30. The summed E-state index contributed by atoms with van der Waals surface area (Å²) in [5.74, 6) is 0. The SMILES string of the molecule is Cc1c(NC2CCCC(C)(C)C2)cc(N)cc1S(N)(=O)=O. The van der Waals surface area contributed by atoms with Crippen molar-refractivity contribution in [1.82, 2.24) is 0 Å². The zero-order valence-corrected chi connectivity index (χ0v) is 13.8. The molecule has 1 unspecified atom stereocenters. The van der Waals surface area contributed by atoms with Crippen molar-refractivity contribution < 1.29 is 8.42 Å². The molecule has 21 heavy (non-hydrogen) atoms. The zero-order valence-electron chi connectivity index (χ0n) is 12.9. The molecule has 1 aromatic rings. The molecule has 1 atom stereocenters. The number of rotatable bonds is 3. The van der Waals surface area contributed by atoms with E-state index in [0.717, 1.165) is 18.5 Å². The summed E-state index contributed by atoms with van der Waals surface area (Å²) in [5, 5.41) is 8.72. The summed E-state index contributed by atoms with van der Waals surface area (Å²) in [4.78, 5) is 0.0973. The highest BCUT2D eigenvalue weighted by atomic mass is 32.2. The van der Waals surface area contributed by atoms with Gasteiger partial charge in [0.15, 0.2) is 0 Å². The van der Waals surface area contributed by atoms with Crippen molar-refractivity contribution in [2.45, 2.75) is 57.4 Å². The molecule has 6 heteroatoms. The maximum atomic E-state index is 11.6. The minimum atomic E-state index is -3.76. The Kier molecular flexibility index (Phi) is 4.22. The number of anilines is 2. The second kappa shape index (κ2) is 5.50. The van der Waals surface area contributed by atoms with Crippen LogP contribution in [0, 0.1) is 12.3 Å². The summed E-state index contributed by atoms with van der Waals surface area (Å²) in [7, 11) is -3.76. The molecule has 0 amide bonds. The Bertz CT molecular complexity index is 639. The Balaban J connectivity index is 2.30. The third kappa shape index (κ3) is 3.89. The van der Waals surface area contributed by atoms with E-state index in [4.69, 9.17) is 10.9 Å². The lowest BCUT2D eigenvalue weighted by Gasteiger charge is -2.36. The quantitative estimate of drug-likeness (QED) is 0.747. The predicted octanol–water partition coefficient (Wildman–Crippen LogP) is 2.61. The molecule has 1 saturated carbocycles. The molecular weight excluding hydrogens is 286 g/mol. The molecule has 0 heterocycles. The van der Waals surface area contributed by atoms with Crippen molar-refractivity contribution in [3.05, 3.63) is 17.7 Å². The third-order valence-electron chi connectivity index (χ3n) is 4.25. The lowest BCUT2D eigenvalue weighted by atomic mass is 9.75. The Morgan fingerprint density at radius 2 is 2.00 bits per heavy atom. The second-order valence-corrected chi connectivity index (χ2v) is 8.37. The average molecular weight is 311 g/mol. The van der Waals surface area contributed by atoms with Crippen LogP contribution in [0.1, 0.15) is 45.1 Å². The van der Waals surface area contributed by atoms with Gasteiger partial charge in [-0.2, -0.15) is 0 Å². The molecule has 2 rings (SSSR count). The van der Waals surface area contributed by atoms with Gasteiger partial charge in [0.25, 0.3) is 0 Å². The van der Waals surface area contributed by atoms with Gasteiger partial charge >= 0.3 is 0 Å².